The van der Waals surface area contributed by atoms with Crippen LogP contribution < -0.4 is 0 Å². The summed E-state index contributed by atoms with van der Waals surface area (Å²) in [5.74, 6) is 0.714. The smallest absolute Gasteiger partial charge is 0.125 e. The van der Waals surface area contributed by atoms with Crippen molar-refractivity contribution in [3.05, 3.63) is 58.7 Å². The molecule has 4 rings (SSSR count). The molecule has 110 valence electrons. The molecule has 0 aliphatic heterocycles. The van der Waals surface area contributed by atoms with Crippen LogP contribution in [-0.4, -0.2) is 9.97 Å². The van der Waals surface area contributed by atoms with E-state index >= 15 is 0 Å². The van der Waals surface area contributed by atoms with Crippen molar-refractivity contribution < 1.29 is 0 Å². The Hall–Kier alpha value is -2.00. The number of pyridine rings is 1. The fourth-order valence-electron chi connectivity index (χ4n) is 2.96. The highest BCUT2D eigenvalue weighted by Crippen LogP contribution is 2.44. The Balaban J connectivity index is 1.76. The summed E-state index contributed by atoms with van der Waals surface area (Å²) < 4.78 is 0. The van der Waals surface area contributed by atoms with E-state index in [2.05, 4.69) is 48.5 Å². The summed E-state index contributed by atoms with van der Waals surface area (Å²) in [5.41, 5.74) is 7.50. The number of aromatic nitrogens is 2. The van der Waals surface area contributed by atoms with Crippen molar-refractivity contribution in [2.24, 2.45) is 0 Å². The normalized spacial score (nSPS) is 14.3. The molecule has 22 heavy (non-hydrogen) atoms. The van der Waals surface area contributed by atoms with Crippen molar-refractivity contribution in [1.29, 1.82) is 0 Å². The fourth-order valence-corrected chi connectivity index (χ4v) is 3.81. The Bertz CT molecular complexity index is 831. The lowest BCUT2D eigenvalue weighted by molar-refractivity contribution is 1.11. The van der Waals surface area contributed by atoms with E-state index in [9.17, 15) is 0 Å². The number of rotatable bonds is 3. The van der Waals surface area contributed by atoms with Gasteiger partial charge in [0, 0.05) is 28.9 Å². The number of nitrogens with zero attached hydrogens (tertiary/aromatic N) is 2. The first kappa shape index (κ1) is 13.6. The summed E-state index contributed by atoms with van der Waals surface area (Å²) in [4.78, 5) is 9.20. The Kier molecular flexibility index (Phi) is 3.30. The highest BCUT2D eigenvalue weighted by molar-refractivity contribution is 7.13. The number of thiazole rings is 1. The van der Waals surface area contributed by atoms with Gasteiger partial charge >= 0.3 is 0 Å². The van der Waals surface area contributed by atoms with Crippen molar-refractivity contribution in [2.75, 3.05) is 0 Å². The van der Waals surface area contributed by atoms with Gasteiger partial charge in [-0.25, -0.2) is 4.98 Å². The summed E-state index contributed by atoms with van der Waals surface area (Å²) in [6.07, 6.45) is 6.46. The molecule has 3 heteroatoms. The predicted octanol–water partition coefficient (Wildman–Crippen LogP) is 5.37. The van der Waals surface area contributed by atoms with Gasteiger partial charge in [0.15, 0.2) is 0 Å². The molecule has 0 bridgehead atoms. The molecule has 0 atom stereocenters. The van der Waals surface area contributed by atoms with E-state index in [1.807, 2.05) is 12.4 Å². The van der Waals surface area contributed by atoms with Crippen molar-refractivity contribution in [2.45, 2.75) is 32.6 Å². The molecule has 0 N–H and O–H groups in total. The van der Waals surface area contributed by atoms with Crippen LogP contribution >= 0.6 is 11.3 Å². The van der Waals surface area contributed by atoms with Crippen LogP contribution in [0.1, 0.15) is 35.4 Å². The van der Waals surface area contributed by atoms with E-state index in [1.54, 1.807) is 11.3 Å². The van der Waals surface area contributed by atoms with Crippen molar-refractivity contribution in [3.63, 3.8) is 0 Å². The second-order valence-electron chi connectivity index (χ2n) is 6.09. The first-order chi connectivity index (χ1) is 10.7. The SMILES string of the molecule is Cc1ccc(-c2csc(-c3cnccc3C3CC3)n2)c(C)c1. The molecule has 0 amide bonds. The molecule has 1 aliphatic rings. The zero-order valence-electron chi connectivity index (χ0n) is 12.8. The molecule has 0 unspecified atom stereocenters. The second-order valence-corrected chi connectivity index (χ2v) is 6.95. The third-order valence-electron chi connectivity index (χ3n) is 4.26. The molecule has 2 nitrogen and oxygen atoms in total. The van der Waals surface area contributed by atoms with Gasteiger partial charge < -0.3 is 0 Å². The highest BCUT2D eigenvalue weighted by Gasteiger charge is 2.27. The fraction of sp³-hybridized carbons (Fsp3) is 0.263. The van der Waals surface area contributed by atoms with Gasteiger partial charge in [-0.1, -0.05) is 23.8 Å². The van der Waals surface area contributed by atoms with Crippen LogP contribution in [0, 0.1) is 13.8 Å². The lowest BCUT2D eigenvalue weighted by Crippen LogP contribution is -1.89. The Labute approximate surface area is 134 Å². The van der Waals surface area contributed by atoms with Crippen molar-refractivity contribution in [3.8, 4) is 21.8 Å². The Morgan fingerprint density at radius 1 is 1.09 bits per heavy atom. The predicted molar refractivity (Wildman–Crippen MR) is 92.2 cm³/mol. The number of aryl methyl sites for hydroxylation is 2. The molecule has 2 aromatic heterocycles. The molecule has 3 aromatic rings. The molecule has 2 heterocycles. The maximum Gasteiger partial charge on any atom is 0.125 e. The third-order valence-corrected chi connectivity index (χ3v) is 5.14. The van der Waals surface area contributed by atoms with E-state index < -0.39 is 0 Å². The van der Waals surface area contributed by atoms with E-state index in [0.717, 1.165) is 10.7 Å². The molecular weight excluding hydrogens is 288 g/mol. The molecule has 0 saturated heterocycles. The minimum Gasteiger partial charge on any atom is -0.264 e. The summed E-state index contributed by atoms with van der Waals surface area (Å²) in [5, 5.41) is 3.25. The Morgan fingerprint density at radius 2 is 1.95 bits per heavy atom. The molecule has 0 spiro atoms. The van der Waals surface area contributed by atoms with Gasteiger partial charge in [0.1, 0.15) is 5.01 Å². The number of benzene rings is 1. The third kappa shape index (κ3) is 2.46. The summed E-state index contributed by atoms with van der Waals surface area (Å²) in [7, 11) is 0. The van der Waals surface area contributed by atoms with Gasteiger partial charge in [-0.15, -0.1) is 11.3 Å². The van der Waals surface area contributed by atoms with Gasteiger partial charge in [-0.2, -0.15) is 0 Å². The van der Waals surface area contributed by atoms with E-state index in [-0.39, 0.29) is 0 Å². The first-order valence-electron chi connectivity index (χ1n) is 7.70. The van der Waals surface area contributed by atoms with Gasteiger partial charge in [-0.05, 0) is 49.8 Å². The lowest BCUT2D eigenvalue weighted by atomic mass is 10.0. The summed E-state index contributed by atoms with van der Waals surface area (Å²) in [6.45, 7) is 4.28. The maximum absolute atomic E-state index is 4.89. The van der Waals surface area contributed by atoms with Gasteiger partial charge in [0.25, 0.3) is 0 Å². The average Bonchev–Trinajstić information content (AvgIpc) is 3.25. The monoisotopic (exact) mass is 306 g/mol. The highest BCUT2D eigenvalue weighted by atomic mass is 32.1. The quantitative estimate of drug-likeness (QED) is 0.650. The minimum atomic E-state index is 0.714. The molecule has 1 fully saturated rings. The van der Waals surface area contributed by atoms with Crippen LogP contribution in [0.25, 0.3) is 21.8 Å². The Morgan fingerprint density at radius 3 is 2.73 bits per heavy atom. The van der Waals surface area contributed by atoms with Crippen LogP contribution in [0.5, 0.6) is 0 Å². The standard InChI is InChI=1S/C19H18N2S/c1-12-3-6-15(13(2)9-12)18-11-22-19(21-18)17-10-20-8-7-16(17)14-4-5-14/h3,6-11,14H,4-5H2,1-2H3. The lowest BCUT2D eigenvalue weighted by Gasteiger charge is -2.05. The maximum atomic E-state index is 4.89. The molecule has 1 aromatic carbocycles. The number of hydrogen-bond donors (Lipinski definition) is 0. The first-order valence-corrected chi connectivity index (χ1v) is 8.58. The summed E-state index contributed by atoms with van der Waals surface area (Å²) in [6, 6.07) is 8.70. The van der Waals surface area contributed by atoms with Crippen LogP contribution in [0.4, 0.5) is 0 Å². The zero-order valence-corrected chi connectivity index (χ0v) is 13.7. The van der Waals surface area contributed by atoms with E-state index in [0.29, 0.717) is 5.92 Å². The van der Waals surface area contributed by atoms with Crippen molar-refractivity contribution >= 4 is 11.3 Å². The minimum absolute atomic E-state index is 0.714. The van der Waals surface area contributed by atoms with E-state index in [4.69, 9.17) is 4.98 Å². The summed E-state index contributed by atoms with van der Waals surface area (Å²) >= 11 is 1.72. The second kappa shape index (κ2) is 5.33. The van der Waals surface area contributed by atoms with Crippen LogP contribution in [0.3, 0.4) is 0 Å². The molecular formula is C19H18N2S. The van der Waals surface area contributed by atoms with Crippen molar-refractivity contribution in [1.82, 2.24) is 9.97 Å². The average molecular weight is 306 g/mol. The van der Waals surface area contributed by atoms with Crippen LogP contribution in [0.2, 0.25) is 0 Å². The van der Waals surface area contributed by atoms with Crippen LogP contribution in [0.15, 0.2) is 42.0 Å². The largest absolute Gasteiger partial charge is 0.264 e. The molecule has 0 radical (unpaired) electrons. The van der Waals surface area contributed by atoms with Crippen LogP contribution in [-0.2, 0) is 0 Å². The molecule has 1 aliphatic carbocycles. The molecule has 1 saturated carbocycles. The van der Waals surface area contributed by atoms with Gasteiger partial charge in [-0.3, -0.25) is 4.98 Å². The number of hydrogen-bond acceptors (Lipinski definition) is 3. The van der Waals surface area contributed by atoms with Gasteiger partial charge in [0.05, 0.1) is 5.69 Å². The topological polar surface area (TPSA) is 25.8 Å². The van der Waals surface area contributed by atoms with Gasteiger partial charge in [0.2, 0.25) is 0 Å². The van der Waals surface area contributed by atoms with E-state index in [1.165, 1.54) is 40.7 Å². The zero-order chi connectivity index (χ0) is 15.1.